The fraction of sp³-hybridized carbons (Fsp3) is 0.182. The summed E-state index contributed by atoms with van der Waals surface area (Å²) in [7, 11) is 0. The number of esters is 1. The number of ether oxygens (including phenoxy) is 3. The summed E-state index contributed by atoms with van der Waals surface area (Å²) in [6, 6.07) is 19.4. The van der Waals surface area contributed by atoms with Crippen LogP contribution in [0.3, 0.4) is 0 Å². The summed E-state index contributed by atoms with van der Waals surface area (Å²) in [5.41, 5.74) is 2.17. The van der Waals surface area contributed by atoms with E-state index in [0.717, 1.165) is 0 Å². The van der Waals surface area contributed by atoms with E-state index in [-0.39, 0.29) is 24.3 Å². The number of hydrogen-bond donors (Lipinski definition) is 0. The summed E-state index contributed by atoms with van der Waals surface area (Å²) in [5, 5.41) is 0. The van der Waals surface area contributed by atoms with Crippen molar-refractivity contribution in [3.63, 3.8) is 0 Å². The smallest absolute Gasteiger partial charge is 0.338 e. The van der Waals surface area contributed by atoms with Crippen molar-refractivity contribution in [3.8, 4) is 23.8 Å². The summed E-state index contributed by atoms with van der Waals surface area (Å²) in [6.45, 7) is 4.20. The third-order valence-corrected chi connectivity index (χ3v) is 7.42. The van der Waals surface area contributed by atoms with Crippen LogP contribution in [-0.2, 0) is 9.53 Å². The first-order valence-corrected chi connectivity index (χ1v) is 14.1. The second-order valence-electron chi connectivity index (χ2n) is 9.12. The van der Waals surface area contributed by atoms with Crippen LogP contribution in [-0.4, -0.2) is 30.4 Å². The number of thiazole rings is 1. The average Bonchev–Trinajstić information content (AvgIpc) is 3.31. The standard InChI is InChI=1S/C33H27FN2O5S/c1-4-18-41-25-17-12-21(19-26(25)39-5-2)20-27-31(37)36-30(23-13-15-24(34)16-14-23)28(32(38)40-6-3)29(35-33(36)42-27)22-10-8-7-9-11-22/h1,7-17,19-20,30H,5-6,18H2,2-3H3/b27-20-. The number of fused-ring (bicyclic) bond motifs is 1. The Morgan fingerprint density at radius 1 is 1.05 bits per heavy atom. The van der Waals surface area contributed by atoms with E-state index in [1.807, 2.05) is 37.3 Å². The minimum Gasteiger partial charge on any atom is -0.490 e. The van der Waals surface area contributed by atoms with Crippen molar-refractivity contribution >= 4 is 29.1 Å². The molecule has 1 atom stereocenters. The van der Waals surface area contributed by atoms with E-state index in [0.29, 0.717) is 49.8 Å². The molecule has 0 saturated heterocycles. The minimum atomic E-state index is -0.892. The molecule has 0 amide bonds. The van der Waals surface area contributed by atoms with Gasteiger partial charge in [-0.3, -0.25) is 9.36 Å². The number of carbonyl (C=O) groups excluding carboxylic acids is 1. The third kappa shape index (κ3) is 5.76. The zero-order valence-electron chi connectivity index (χ0n) is 23.0. The molecule has 1 aliphatic heterocycles. The summed E-state index contributed by atoms with van der Waals surface area (Å²) in [4.78, 5) is 32.7. The van der Waals surface area contributed by atoms with Crippen molar-refractivity contribution < 1.29 is 23.4 Å². The second kappa shape index (κ2) is 12.7. The Labute approximate surface area is 245 Å². The van der Waals surface area contributed by atoms with Gasteiger partial charge >= 0.3 is 5.97 Å². The predicted octanol–water partition coefficient (Wildman–Crippen LogP) is 4.49. The van der Waals surface area contributed by atoms with Crippen molar-refractivity contribution in [1.82, 2.24) is 4.57 Å². The number of benzene rings is 3. The lowest BCUT2D eigenvalue weighted by Crippen LogP contribution is -2.40. The van der Waals surface area contributed by atoms with Gasteiger partial charge in [0.15, 0.2) is 16.3 Å². The van der Waals surface area contributed by atoms with Gasteiger partial charge in [0, 0.05) is 5.56 Å². The van der Waals surface area contributed by atoms with Gasteiger partial charge in [0.05, 0.1) is 35.1 Å². The number of nitrogens with zero attached hydrogens (tertiary/aromatic N) is 2. The molecule has 0 N–H and O–H groups in total. The van der Waals surface area contributed by atoms with Crippen LogP contribution in [0.4, 0.5) is 4.39 Å². The average molecular weight is 583 g/mol. The third-order valence-electron chi connectivity index (χ3n) is 6.44. The van der Waals surface area contributed by atoms with Crippen LogP contribution in [0.25, 0.3) is 11.8 Å². The molecule has 0 fully saturated rings. The molecule has 3 aromatic carbocycles. The maximum absolute atomic E-state index is 14.0. The molecule has 4 aromatic rings. The summed E-state index contributed by atoms with van der Waals surface area (Å²) < 4.78 is 32.6. The molecule has 42 heavy (non-hydrogen) atoms. The van der Waals surface area contributed by atoms with Crippen LogP contribution in [0.5, 0.6) is 11.5 Å². The highest BCUT2D eigenvalue weighted by Gasteiger charge is 2.35. The lowest BCUT2D eigenvalue weighted by atomic mass is 9.93. The van der Waals surface area contributed by atoms with E-state index in [1.54, 1.807) is 43.3 Å². The van der Waals surface area contributed by atoms with E-state index in [1.165, 1.54) is 28.0 Å². The van der Waals surface area contributed by atoms with Crippen molar-refractivity contribution in [2.75, 3.05) is 19.8 Å². The van der Waals surface area contributed by atoms with E-state index < -0.39 is 17.8 Å². The van der Waals surface area contributed by atoms with Crippen LogP contribution in [0.1, 0.15) is 36.6 Å². The number of carbonyl (C=O) groups is 1. The molecule has 7 nitrogen and oxygen atoms in total. The Balaban J connectivity index is 1.74. The minimum absolute atomic E-state index is 0.0912. The fourth-order valence-electron chi connectivity index (χ4n) is 4.67. The van der Waals surface area contributed by atoms with Gasteiger partial charge < -0.3 is 14.2 Å². The Kier molecular flexibility index (Phi) is 8.65. The van der Waals surface area contributed by atoms with Gasteiger partial charge in [-0.05, 0) is 55.3 Å². The lowest BCUT2D eigenvalue weighted by molar-refractivity contribution is -0.138. The molecule has 0 spiro atoms. The molecule has 0 saturated carbocycles. The number of aromatic nitrogens is 1. The van der Waals surface area contributed by atoms with Gasteiger partial charge in [-0.25, -0.2) is 14.2 Å². The molecule has 1 aromatic heterocycles. The van der Waals surface area contributed by atoms with Gasteiger partial charge in [0.2, 0.25) is 0 Å². The molecule has 5 rings (SSSR count). The zero-order chi connectivity index (χ0) is 29.6. The Morgan fingerprint density at radius 3 is 2.50 bits per heavy atom. The van der Waals surface area contributed by atoms with E-state index >= 15 is 0 Å². The molecule has 212 valence electrons. The van der Waals surface area contributed by atoms with Gasteiger partial charge in [0.1, 0.15) is 12.4 Å². The van der Waals surface area contributed by atoms with Crippen molar-refractivity contribution in [2.45, 2.75) is 19.9 Å². The molecular weight excluding hydrogens is 555 g/mol. The first-order chi connectivity index (χ1) is 20.4. The largest absolute Gasteiger partial charge is 0.490 e. The highest BCUT2D eigenvalue weighted by atomic mass is 32.1. The van der Waals surface area contributed by atoms with Gasteiger partial charge in [-0.15, -0.1) is 6.42 Å². The molecule has 0 radical (unpaired) electrons. The Morgan fingerprint density at radius 2 is 1.81 bits per heavy atom. The first-order valence-electron chi connectivity index (χ1n) is 13.3. The topological polar surface area (TPSA) is 79.1 Å². The molecule has 0 bridgehead atoms. The SMILES string of the molecule is C#CCOc1ccc(/C=c2\sc3n(c2=O)C(c2ccc(F)cc2)C(C(=O)OCC)=C(c2ccccc2)N=3)cc1OCC. The Bertz CT molecular complexity index is 1870. The number of halogens is 1. The zero-order valence-corrected chi connectivity index (χ0v) is 23.8. The number of rotatable bonds is 9. The van der Waals surface area contributed by atoms with Crippen molar-refractivity contribution in [1.29, 1.82) is 0 Å². The van der Waals surface area contributed by atoms with Crippen LogP contribution >= 0.6 is 11.3 Å². The van der Waals surface area contributed by atoms with Crippen LogP contribution in [0, 0.1) is 18.2 Å². The maximum Gasteiger partial charge on any atom is 0.338 e. The maximum atomic E-state index is 14.0. The number of hydrogen-bond acceptors (Lipinski definition) is 7. The molecule has 9 heteroatoms. The molecule has 0 aliphatic carbocycles. The predicted molar refractivity (Wildman–Crippen MR) is 159 cm³/mol. The second-order valence-corrected chi connectivity index (χ2v) is 10.1. The quantitative estimate of drug-likeness (QED) is 0.215. The number of terminal acetylenes is 1. The fourth-order valence-corrected chi connectivity index (χ4v) is 5.67. The normalized spacial score (nSPS) is 14.5. The van der Waals surface area contributed by atoms with Gasteiger partial charge in [-0.2, -0.15) is 0 Å². The molecular formula is C33H27FN2O5S. The van der Waals surface area contributed by atoms with Crippen molar-refractivity contribution in [2.24, 2.45) is 4.99 Å². The van der Waals surface area contributed by atoms with Gasteiger partial charge in [-0.1, -0.05) is 65.8 Å². The molecule has 1 aliphatic rings. The highest BCUT2D eigenvalue weighted by Crippen LogP contribution is 2.35. The van der Waals surface area contributed by atoms with Crippen LogP contribution in [0.15, 0.2) is 88.2 Å². The van der Waals surface area contributed by atoms with Gasteiger partial charge in [0.25, 0.3) is 5.56 Å². The summed E-state index contributed by atoms with van der Waals surface area (Å²) in [6.07, 6.45) is 7.06. The van der Waals surface area contributed by atoms with E-state index in [2.05, 4.69) is 5.92 Å². The monoisotopic (exact) mass is 582 g/mol. The van der Waals surface area contributed by atoms with Crippen molar-refractivity contribution in [3.05, 3.63) is 121 Å². The molecule has 2 heterocycles. The molecule has 1 unspecified atom stereocenters. The van der Waals surface area contributed by atoms with Crippen LogP contribution < -0.4 is 24.4 Å². The first kappa shape index (κ1) is 28.6. The highest BCUT2D eigenvalue weighted by molar-refractivity contribution is 7.07. The lowest BCUT2D eigenvalue weighted by Gasteiger charge is -2.25. The summed E-state index contributed by atoms with van der Waals surface area (Å²) >= 11 is 1.19. The summed E-state index contributed by atoms with van der Waals surface area (Å²) in [5.74, 6) is 2.39. The Hall–Kier alpha value is -4.94. The van der Waals surface area contributed by atoms with Crippen LogP contribution in [0.2, 0.25) is 0 Å². The van der Waals surface area contributed by atoms with E-state index in [9.17, 15) is 14.0 Å². The van der Waals surface area contributed by atoms with E-state index in [4.69, 9.17) is 25.6 Å².